The monoisotopic (exact) mass is 526 g/mol. The van der Waals surface area contributed by atoms with Crippen LogP contribution in [0.15, 0.2) is 78.2 Å². The number of hydrogen-bond donors (Lipinski definition) is 1. The van der Waals surface area contributed by atoms with Crippen molar-refractivity contribution >= 4 is 5.97 Å². The number of hydrogen-bond acceptors (Lipinski definition) is 7. The number of esters is 1. The van der Waals surface area contributed by atoms with Crippen molar-refractivity contribution < 1.29 is 23.7 Å². The van der Waals surface area contributed by atoms with Crippen molar-refractivity contribution in [2.24, 2.45) is 5.73 Å². The predicted octanol–water partition coefficient (Wildman–Crippen LogP) is 6.87. The fourth-order valence-electron chi connectivity index (χ4n) is 4.45. The van der Waals surface area contributed by atoms with Crippen LogP contribution in [0.1, 0.15) is 73.4 Å². The molecule has 1 aliphatic rings. The fourth-order valence-corrected chi connectivity index (χ4v) is 4.45. The number of para-hydroxylation sites is 2. The zero-order valence-corrected chi connectivity index (χ0v) is 22.4. The van der Waals surface area contributed by atoms with Gasteiger partial charge in [-0.05, 0) is 37.1 Å². The van der Waals surface area contributed by atoms with E-state index in [0.717, 1.165) is 43.2 Å². The van der Waals surface area contributed by atoms with Crippen molar-refractivity contribution in [1.82, 2.24) is 0 Å². The zero-order valence-electron chi connectivity index (χ0n) is 22.4. The molecule has 0 aromatic heterocycles. The first-order valence-electron chi connectivity index (χ1n) is 13.4. The highest BCUT2D eigenvalue weighted by Crippen LogP contribution is 2.46. The van der Waals surface area contributed by atoms with Crippen molar-refractivity contribution in [3.05, 3.63) is 94.9 Å². The summed E-state index contributed by atoms with van der Waals surface area (Å²) >= 11 is 0. The summed E-state index contributed by atoms with van der Waals surface area (Å²) in [6.07, 6.45) is 5.00. The third-order valence-corrected chi connectivity index (χ3v) is 6.50. The number of carbonyl (C=O) groups excluding carboxylic acids is 1. The van der Waals surface area contributed by atoms with Crippen LogP contribution < -0.4 is 24.7 Å². The number of nitriles is 1. The minimum atomic E-state index is -0.540. The summed E-state index contributed by atoms with van der Waals surface area (Å²) in [7, 11) is 0. The molecule has 202 valence electrons. The maximum atomic E-state index is 13.0. The number of benzene rings is 3. The van der Waals surface area contributed by atoms with Gasteiger partial charge in [-0.2, -0.15) is 5.26 Å². The molecule has 3 aromatic rings. The van der Waals surface area contributed by atoms with Crippen LogP contribution in [-0.2, 0) is 0 Å². The van der Waals surface area contributed by atoms with Gasteiger partial charge in [-0.3, -0.25) is 0 Å². The van der Waals surface area contributed by atoms with Crippen LogP contribution in [0.2, 0.25) is 0 Å². The second-order valence-corrected chi connectivity index (χ2v) is 9.31. The Balaban J connectivity index is 1.62. The molecule has 4 rings (SSSR count). The fraction of sp³-hybridized carbons (Fsp3) is 0.312. The Hall–Kier alpha value is -4.44. The van der Waals surface area contributed by atoms with Crippen LogP contribution in [0.4, 0.5) is 0 Å². The highest BCUT2D eigenvalue weighted by atomic mass is 16.5. The molecule has 0 aliphatic carbocycles. The number of unbranched alkanes of at least 4 members (excludes halogenated alkanes) is 3. The third-order valence-electron chi connectivity index (χ3n) is 6.50. The molecule has 1 atom stereocenters. The first-order valence-corrected chi connectivity index (χ1v) is 13.4. The highest BCUT2D eigenvalue weighted by molar-refractivity contribution is 5.94. The van der Waals surface area contributed by atoms with Crippen LogP contribution in [0.5, 0.6) is 23.0 Å². The Morgan fingerprint density at radius 2 is 1.59 bits per heavy atom. The van der Waals surface area contributed by atoms with Gasteiger partial charge in [0, 0.05) is 17.2 Å². The Labute approximate surface area is 229 Å². The van der Waals surface area contributed by atoms with Crippen LogP contribution in [-0.4, -0.2) is 19.2 Å². The zero-order chi connectivity index (χ0) is 27.6. The van der Waals surface area contributed by atoms with E-state index in [-0.39, 0.29) is 11.6 Å². The second kappa shape index (κ2) is 13.4. The van der Waals surface area contributed by atoms with Crippen molar-refractivity contribution in [2.45, 2.75) is 51.9 Å². The summed E-state index contributed by atoms with van der Waals surface area (Å²) < 4.78 is 23.4. The molecular weight excluding hydrogens is 492 g/mol. The smallest absolute Gasteiger partial charge is 0.347 e. The molecule has 0 fully saturated rings. The topological polar surface area (TPSA) is 104 Å². The van der Waals surface area contributed by atoms with E-state index < -0.39 is 11.9 Å². The maximum Gasteiger partial charge on any atom is 0.347 e. The summed E-state index contributed by atoms with van der Waals surface area (Å²) in [5, 5.41) is 9.97. The molecule has 3 aromatic carbocycles. The number of fused-ring (bicyclic) bond motifs is 1. The number of ether oxygens (including phenoxy) is 4. The largest absolute Gasteiger partial charge is 0.493 e. The molecule has 0 saturated heterocycles. The average molecular weight is 527 g/mol. The molecule has 1 unspecified atom stereocenters. The minimum Gasteiger partial charge on any atom is -0.493 e. The molecular formula is C32H34N2O5. The van der Waals surface area contributed by atoms with Crippen molar-refractivity contribution in [2.75, 3.05) is 13.2 Å². The van der Waals surface area contributed by atoms with E-state index in [1.807, 2.05) is 30.3 Å². The first-order chi connectivity index (χ1) is 19.1. The molecule has 0 spiro atoms. The highest BCUT2D eigenvalue weighted by Gasteiger charge is 2.33. The van der Waals surface area contributed by atoms with Crippen molar-refractivity contribution in [3.63, 3.8) is 0 Å². The maximum absolute atomic E-state index is 13.0. The molecule has 2 N–H and O–H groups in total. The predicted molar refractivity (Wildman–Crippen MR) is 149 cm³/mol. The molecule has 1 aliphatic heterocycles. The van der Waals surface area contributed by atoms with Crippen LogP contribution in [0.3, 0.4) is 0 Å². The molecule has 0 radical (unpaired) electrons. The molecule has 0 saturated carbocycles. The van der Waals surface area contributed by atoms with Gasteiger partial charge in [-0.25, -0.2) is 4.79 Å². The summed E-state index contributed by atoms with van der Waals surface area (Å²) in [4.78, 5) is 13.0. The van der Waals surface area contributed by atoms with E-state index in [4.69, 9.17) is 24.7 Å². The minimum absolute atomic E-state index is 0.00827. The Morgan fingerprint density at radius 3 is 2.36 bits per heavy atom. The van der Waals surface area contributed by atoms with E-state index in [2.05, 4.69) is 19.9 Å². The lowest BCUT2D eigenvalue weighted by atomic mass is 9.83. The Kier molecular flexibility index (Phi) is 9.47. The quantitative estimate of drug-likeness (QED) is 0.156. The second-order valence-electron chi connectivity index (χ2n) is 9.31. The third kappa shape index (κ3) is 6.53. The molecule has 7 nitrogen and oxygen atoms in total. The average Bonchev–Trinajstić information content (AvgIpc) is 2.95. The lowest BCUT2D eigenvalue weighted by Gasteiger charge is -2.28. The molecule has 39 heavy (non-hydrogen) atoms. The van der Waals surface area contributed by atoms with Gasteiger partial charge in [-0.1, -0.05) is 69.5 Å². The summed E-state index contributed by atoms with van der Waals surface area (Å²) in [5.74, 6) is 0.857. The molecule has 0 amide bonds. The van der Waals surface area contributed by atoms with Crippen LogP contribution in [0.25, 0.3) is 0 Å². The van der Waals surface area contributed by atoms with Gasteiger partial charge < -0.3 is 24.7 Å². The first kappa shape index (κ1) is 27.6. The summed E-state index contributed by atoms with van der Waals surface area (Å²) in [6.45, 7) is 5.32. The SMILES string of the molecule is CCCCCOc1ccccc1C1C(C#N)=C(N)Oc2cc(OC(=O)c3ccccc3OCCCC)ccc21. The van der Waals surface area contributed by atoms with E-state index in [0.29, 0.717) is 41.6 Å². The van der Waals surface area contributed by atoms with E-state index in [1.54, 1.807) is 36.4 Å². The number of allylic oxidation sites excluding steroid dienone is 1. The standard InChI is InChI=1S/C32H34N2O5/c1-3-5-11-19-37-27-14-9-7-12-23(27)30-24-17-16-22(20-29(24)39-31(34)26(30)21-33)38-32(35)25-13-8-10-15-28(25)36-18-6-4-2/h7-10,12-17,20,30H,3-6,11,18-19,34H2,1-2H3. The molecule has 0 bridgehead atoms. The summed E-state index contributed by atoms with van der Waals surface area (Å²) in [6, 6.07) is 22.0. The number of nitrogens with zero attached hydrogens (tertiary/aromatic N) is 1. The van der Waals surface area contributed by atoms with Crippen molar-refractivity contribution in [1.29, 1.82) is 5.26 Å². The Bertz CT molecular complexity index is 1370. The lowest BCUT2D eigenvalue weighted by Crippen LogP contribution is -2.21. The van der Waals surface area contributed by atoms with E-state index >= 15 is 0 Å². The van der Waals surface area contributed by atoms with Gasteiger partial charge in [-0.15, -0.1) is 0 Å². The van der Waals surface area contributed by atoms with E-state index in [9.17, 15) is 10.1 Å². The lowest BCUT2D eigenvalue weighted by molar-refractivity contribution is 0.0730. The van der Waals surface area contributed by atoms with Crippen LogP contribution in [0, 0.1) is 11.3 Å². The van der Waals surface area contributed by atoms with Crippen molar-refractivity contribution in [3.8, 4) is 29.1 Å². The van der Waals surface area contributed by atoms with Gasteiger partial charge >= 0.3 is 5.97 Å². The number of carbonyl (C=O) groups is 1. The van der Waals surface area contributed by atoms with Crippen LogP contribution >= 0.6 is 0 Å². The van der Waals surface area contributed by atoms with Gasteiger partial charge in [0.2, 0.25) is 5.88 Å². The number of nitrogens with two attached hydrogens (primary N) is 1. The van der Waals surface area contributed by atoms with Gasteiger partial charge in [0.05, 0.1) is 19.1 Å². The number of rotatable bonds is 12. The Morgan fingerprint density at radius 1 is 0.897 bits per heavy atom. The normalized spacial score (nSPS) is 14.1. The van der Waals surface area contributed by atoms with Gasteiger partial charge in [0.1, 0.15) is 40.2 Å². The molecule has 1 heterocycles. The summed E-state index contributed by atoms with van der Waals surface area (Å²) in [5.41, 5.74) is 8.40. The van der Waals surface area contributed by atoms with Gasteiger partial charge in [0.15, 0.2) is 0 Å². The van der Waals surface area contributed by atoms with Gasteiger partial charge in [0.25, 0.3) is 0 Å². The van der Waals surface area contributed by atoms with E-state index in [1.165, 1.54) is 0 Å². The molecule has 7 heteroatoms.